The third-order valence-electron chi connectivity index (χ3n) is 4.51. The van der Waals surface area contributed by atoms with Gasteiger partial charge >= 0.3 is 0 Å². The van der Waals surface area contributed by atoms with Crippen molar-refractivity contribution in [1.82, 2.24) is 4.57 Å². The van der Waals surface area contributed by atoms with Crippen molar-refractivity contribution in [3.8, 4) is 17.0 Å². The Bertz CT molecular complexity index is 807. The Morgan fingerprint density at radius 2 is 1.61 bits per heavy atom. The van der Waals surface area contributed by atoms with Crippen LogP contribution in [0.4, 0.5) is 0 Å². The minimum atomic E-state index is 0.208. The van der Waals surface area contributed by atoms with E-state index in [1.165, 1.54) is 11.1 Å². The lowest BCUT2D eigenvalue weighted by Crippen LogP contribution is -2.08. The third kappa shape index (κ3) is 2.77. The molecule has 0 unspecified atom stereocenters. The fraction of sp³-hybridized carbons (Fsp3) is 0.238. The molecule has 1 atom stereocenters. The van der Waals surface area contributed by atoms with Gasteiger partial charge in [-0.25, -0.2) is 0 Å². The molecule has 0 bridgehead atoms. The second-order valence-corrected chi connectivity index (χ2v) is 6.32. The van der Waals surface area contributed by atoms with Crippen molar-refractivity contribution in [2.45, 2.75) is 33.7 Å². The van der Waals surface area contributed by atoms with Crippen molar-refractivity contribution < 1.29 is 5.11 Å². The van der Waals surface area contributed by atoms with Crippen LogP contribution in [0.25, 0.3) is 11.3 Å². The highest BCUT2D eigenvalue weighted by Crippen LogP contribution is 2.38. The molecule has 0 saturated carbocycles. The number of rotatable bonds is 3. The van der Waals surface area contributed by atoms with E-state index in [4.69, 9.17) is 0 Å². The first kappa shape index (κ1) is 15.4. The van der Waals surface area contributed by atoms with Crippen molar-refractivity contribution in [2.24, 2.45) is 0 Å². The van der Waals surface area contributed by atoms with Crippen LogP contribution >= 0.6 is 0 Å². The summed E-state index contributed by atoms with van der Waals surface area (Å²) >= 11 is 0. The Kier molecular flexibility index (Phi) is 3.99. The zero-order valence-corrected chi connectivity index (χ0v) is 14.2. The molecule has 0 amide bonds. The number of benzene rings is 2. The lowest BCUT2D eigenvalue weighted by atomic mass is 9.98. The lowest BCUT2D eigenvalue weighted by molar-refractivity contribution is 0.475. The molecule has 0 aliphatic heterocycles. The molecule has 118 valence electrons. The van der Waals surface area contributed by atoms with Crippen LogP contribution in [0.5, 0.6) is 5.75 Å². The first-order valence-electron chi connectivity index (χ1n) is 8.02. The summed E-state index contributed by atoms with van der Waals surface area (Å²) in [4.78, 5) is 0. The highest BCUT2D eigenvalue weighted by Gasteiger charge is 2.19. The average molecular weight is 305 g/mol. The van der Waals surface area contributed by atoms with E-state index in [1.54, 1.807) is 0 Å². The number of aromatic hydroxyl groups is 1. The Balaban J connectivity index is 2.18. The van der Waals surface area contributed by atoms with Crippen LogP contribution in [0.15, 0.2) is 54.7 Å². The van der Waals surface area contributed by atoms with E-state index in [0.29, 0.717) is 5.75 Å². The van der Waals surface area contributed by atoms with Gasteiger partial charge in [0, 0.05) is 11.8 Å². The minimum absolute atomic E-state index is 0.208. The molecular formula is C21H23NO. The molecule has 0 spiro atoms. The predicted molar refractivity (Wildman–Crippen MR) is 96.0 cm³/mol. The van der Waals surface area contributed by atoms with Gasteiger partial charge in [-0.1, -0.05) is 36.4 Å². The molecule has 2 nitrogen and oxygen atoms in total. The molecule has 0 saturated heterocycles. The van der Waals surface area contributed by atoms with Gasteiger partial charge in [-0.15, -0.1) is 0 Å². The number of nitrogens with zero attached hydrogens (tertiary/aromatic N) is 1. The van der Waals surface area contributed by atoms with Crippen LogP contribution in [0.3, 0.4) is 0 Å². The lowest BCUT2D eigenvalue weighted by Gasteiger charge is -2.21. The molecule has 0 aliphatic rings. The minimum Gasteiger partial charge on any atom is -0.507 e. The summed E-state index contributed by atoms with van der Waals surface area (Å²) in [5.41, 5.74) is 6.64. The maximum Gasteiger partial charge on any atom is 0.125 e. The third-order valence-corrected chi connectivity index (χ3v) is 4.51. The van der Waals surface area contributed by atoms with Gasteiger partial charge in [0.1, 0.15) is 5.75 Å². The standard InChI is InChI=1S/C21H23NO/c1-14-12-16(3)20(19(23)13-14)21-15(2)10-11-22(21)17(4)18-8-6-5-7-9-18/h5-13,17,23H,1-4H3/t17-/m0/s1. The highest BCUT2D eigenvalue weighted by atomic mass is 16.3. The van der Waals surface area contributed by atoms with Crippen LogP contribution in [-0.2, 0) is 0 Å². The SMILES string of the molecule is Cc1cc(C)c(-c2c(C)ccn2[C@@H](C)c2ccccc2)c(O)c1. The Morgan fingerprint density at radius 3 is 2.26 bits per heavy atom. The van der Waals surface area contributed by atoms with Crippen LogP contribution in [0.1, 0.15) is 35.2 Å². The molecule has 1 aromatic heterocycles. The molecule has 0 fully saturated rings. The average Bonchev–Trinajstić information content (AvgIpc) is 2.88. The van der Waals surface area contributed by atoms with Gasteiger partial charge in [0.15, 0.2) is 0 Å². The fourth-order valence-electron chi connectivity index (χ4n) is 3.34. The smallest absolute Gasteiger partial charge is 0.125 e. The van der Waals surface area contributed by atoms with Crippen molar-refractivity contribution in [2.75, 3.05) is 0 Å². The summed E-state index contributed by atoms with van der Waals surface area (Å²) in [7, 11) is 0. The Hall–Kier alpha value is -2.48. The van der Waals surface area contributed by atoms with E-state index in [0.717, 1.165) is 22.4 Å². The summed E-state index contributed by atoms with van der Waals surface area (Å²) in [6.45, 7) is 8.36. The van der Waals surface area contributed by atoms with E-state index in [1.807, 2.05) is 19.1 Å². The second-order valence-electron chi connectivity index (χ2n) is 6.32. The largest absolute Gasteiger partial charge is 0.507 e. The van der Waals surface area contributed by atoms with Crippen molar-refractivity contribution >= 4 is 0 Å². The van der Waals surface area contributed by atoms with E-state index >= 15 is 0 Å². The first-order valence-corrected chi connectivity index (χ1v) is 8.02. The second kappa shape index (κ2) is 5.96. The number of phenolic OH excluding ortho intramolecular Hbond substituents is 1. The summed E-state index contributed by atoms with van der Waals surface area (Å²) in [5.74, 6) is 0.353. The first-order chi connectivity index (χ1) is 11.0. The number of hydrogen-bond acceptors (Lipinski definition) is 1. The molecule has 2 heteroatoms. The van der Waals surface area contributed by atoms with E-state index in [2.05, 4.69) is 67.9 Å². The highest BCUT2D eigenvalue weighted by molar-refractivity contribution is 5.74. The van der Waals surface area contributed by atoms with Crippen LogP contribution in [0, 0.1) is 20.8 Å². The van der Waals surface area contributed by atoms with E-state index in [9.17, 15) is 5.11 Å². The van der Waals surface area contributed by atoms with Gasteiger partial charge in [0.25, 0.3) is 0 Å². The van der Waals surface area contributed by atoms with Crippen molar-refractivity contribution in [1.29, 1.82) is 0 Å². The van der Waals surface area contributed by atoms with Gasteiger partial charge in [-0.2, -0.15) is 0 Å². The zero-order valence-electron chi connectivity index (χ0n) is 14.2. The van der Waals surface area contributed by atoms with Crippen molar-refractivity contribution in [3.05, 3.63) is 77.0 Å². The summed E-state index contributed by atoms with van der Waals surface area (Å²) in [6, 6.07) is 16.7. The molecule has 1 N–H and O–H groups in total. The molecule has 3 aromatic rings. The Labute approximate surface area is 138 Å². The molecule has 3 rings (SSSR count). The molecule has 0 radical (unpaired) electrons. The number of aryl methyl sites for hydroxylation is 3. The zero-order chi connectivity index (χ0) is 16.6. The molecule has 1 heterocycles. The van der Waals surface area contributed by atoms with Gasteiger partial charge < -0.3 is 9.67 Å². The molecule has 2 aromatic carbocycles. The van der Waals surface area contributed by atoms with Gasteiger partial charge in [0.05, 0.1) is 11.7 Å². The van der Waals surface area contributed by atoms with Gasteiger partial charge in [0.2, 0.25) is 0 Å². The van der Waals surface area contributed by atoms with Crippen LogP contribution in [0.2, 0.25) is 0 Å². The monoisotopic (exact) mass is 305 g/mol. The van der Waals surface area contributed by atoms with Gasteiger partial charge in [-0.05, 0) is 62.1 Å². The summed E-state index contributed by atoms with van der Waals surface area (Å²) in [6.07, 6.45) is 2.11. The number of phenols is 1. The Morgan fingerprint density at radius 1 is 0.913 bits per heavy atom. The van der Waals surface area contributed by atoms with E-state index in [-0.39, 0.29) is 6.04 Å². The summed E-state index contributed by atoms with van der Waals surface area (Å²) in [5, 5.41) is 10.5. The normalized spacial score (nSPS) is 12.3. The number of aromatic nitrogens is 1. The maximum atomic E-state index is 10.5. The topological polar surface area (TPSA) is 25.2 Å². The van der Waals surface area contributed by atoms with E-state index < -0.39 is 0 Å². The molecule has 23 heavy (non-hydrogen) atoms. The van der Waals surface area contributed by atoms with Crippen LogP contribution in [-0.4, -0.2) is 9.67 Å². The van der Waals surface area contributed by atoms with Gasteiger partial charge in [-0.3, -0.25) is 0 Å². The van der Waals surface area contributed by atoms with Crippen LogP contribution < -0.4 is 0 Å². The van der Waals surface area contributed by atoms with Crippen molar-refractivity contribution in [3.63, 3.8) is 0 Å². The number of hydrogen-bond donors (Lipinski definition) is 1. The quantitative estimate of drug-likeness (QED) is 0.689. The fourth-order valence-corrected chi connectivity index (χ4v) is 3.34. The molecular weight excluding hydrogens is 282 g/mol. The summed E-state index contributed by atoms with van der Waals surface area (Å²) < 4.78 is 2.25. The molecule has 0 aliphatic carbocycles. The predicted octanol–water partition coefficient (Wildman–Crippen LogP) is 5.40. The maximum absolute atomic E-state index is 10.5.